The van der Waals surface area contributed by atoms with Gasteiger partial charge in [-0.3, -0.25) is 0 Å². The highest BCUT2D eigenvalue weighted by atomic mass is 16.2. The molecule has 44 valence electrons. The molecular weight excluding hydrogens is 104 g/mol. The molecule has 8 heavy (non-hydrogen) atoms. The normalized spacial score (nSPS) is 13.5. The molecule has 0 aliphatic carbocycles. The van der Waals surface area contributed by atoms with E-state index in [4.69, 9.17) is 0 Å². The fourth-order valence-electron chi connectivity index (χ4n) is 0.228. The highest BCUT2D eigenvalue weighted by molar-refractivity contribution is 6.25. The average Bonchev–Trinajstić information content (AvgIpc) is 2.24. The summed E-state index contributed by atoms with van der Waals surface area (Å²) < 4.78 is 0. The smallest absolute Gasteiger partial charge is 0.244 e. The van der Waals surface area contributed by atoms with Gasteiger partial charge in [0.05, 0.1) is 12.4 Å². The lowest BCUT2D eigenvalue weighted by Gasteiger charge is -1.62. The van der Waals surface area contributed by atoms with Gasteiger partial charge in [0.2, 0.25) is 0 Å². The molecule has 3 heteroatoms. The second-order valence-corrected chi connectivity index (χ2v) is 0.839. The Balaban J connectivity index is 0.000000222. The third-order valence-electron chi connectivity index (χ3n) is 0.437. The van der Waals surface area contributed by atoms with Gasteiger partial charge < -0.3 is 0 Å². The minimum absolute atomic E-state index is 0.407. The predicted octanol–water partition coefficient (Wildman–Crippen LogP) is 1.29. The molecule has 1 heterocycles. The minimum Gasteiger partial charge on any atom is -0.244 e. The van der Waals surface area contributed by atoms with E-state index in [0.717, 1.165) is 0 Å². The first-order valence-electron chi connectivity index (χ1n) is 2.50. The van der Waals surface area contributed by atoms with Crippen molar-refractivity contribution < 1.29 is 4.79 Å². The Hall–Kier alpha value is -0.990. The van der Waals surface area contributed by atoms with Crippen molar-refractivity contribution in [2.75, 3.05) is 0 Å². The predicted molar refractivity (Wildman–Crippen MR) is 33.7 cm³/mol. The first-order valence-corrected chi connectivity index (χ1v) is 2.50. The molecule has 0 saturated carbocycles. The summed E-state index contributed by atoms with van der Waals surface area (Å²) in [6, 6.07) is -0.407. The molecule has 0 aromatic carbocycles. The number of nitrogens with zero attached hydrogens (tertiary/aromatic N) is 2. The van der Waals surface area contributed by atoms with Crippen LogP contribution in [0.5, 0.6) is 0 Å². The van der Waals surface area contributed by atoms with Gasteiger partial charge in [-0.25, -0.2) is 4.79 Å². The lowest BCUT2D eigenvalue weighted by atomic mass is 10.9. The van der Waals surface area contributed by atoms with Gasteiger partial charge in [-0.05, 0) is 0 Å². The van der Waals surface area contributed by atoms with E-state index in [0.29, 0.717) is 0 Å². The molecule has 0 spiro atoms. The first-order chi connectivity index (χ1) is 3.89. The Morgan fingerprint density at radius 1 is 1.25 bits per heavy atom. The molecular formula is C5H8N2O. The number of carbonyl (C=O) groups is 1. The summed E-state index contributed by atoms with van der Waals surface area (Å²) in [7, 11) is 0. The highest BCUT2D eigenvalue weighted by Gasteiger charge is 1.91. The van der Waals surface area contributed by atoms with Gasteiger partial charge in [-0.1, -0.05) is 13.8 Å². The van der Waals surface area contributed by atoms with Crippen LogP contribution in [0.25, 0.3) is 0 Å². The molecule has 0 radical (unpaired) electrons. The SMILES string of the molecule is CC.O=C1N=CC=N1. The number of amides is 2. The zero-order valence-corrected chi connectivity index (χ0v) is 4.96. The van der Waals surface area contributed by atoms with Crippen LogP contribution in [0.4, 0.5) is 4.79 Å². The quantitative estimate of drug-likeness (QED) is 0.465. The van der Waals surface area contributed by atoms with E-state index < -0.39 is 6.03 Å². The highest BCUT2D eigenvalue weighted by Crippen LogP contribution is 1.81. The largest absolute Gasteiger partial charge is 0.367 e. The molecule has 2 amide bonds. The van der Waals surface area contributed by atoms with Crippen LogP contribution < -0.4 is 0 Å². The summed E-state index contributed by atoms with van der Waals surface area (Å²) in [4.78, 5) is 16.3. The fraction of sp³-hybridized carbons (Fsp3) is 0.400. The Bertz CT molecular complexity index is 112. The zero-order chi connectivity index (χ0) is 6.41. The molecule has 3 nitrogen and oxygen atoms in total. The standard InChI is InChI=1S/C3H2N2O.C2H6/c6-3-4-1-2-5-3;1-2/h1-2H;1-2H3. The minimum atomic E-state index is -0.407. The monoisotopic (exact) mass is 112 g/mol. The van der Waals surface area contributed by atoms with Crippen molar-refractivity contribution in [3.8, 4) is 0 Å². The molecule has 1 rings (SSSR count). The third kappa shape index (κ3) is 2.23. The van der Waals surface area contributed by atoms with Crippen LogP contribution in [0, 0.1) is 0 Å². The fourth-order valence-corrected chi connectivity index (χ4v) is 0.228. The number of aliphatic imine (C=N–C) groups is 2. The molecule has 0 bridgehead atoms. The molecule has 0 unspecified atom stereocenters. The topological polar surface area (TPSA) is 41.8 Å². The van der Waals surface area contributed by atoms with Crippen LogP contribution >= 0.6 is 0 Å². The Morgan fingerprint density at radius 2 is 1.62 bits per heavy atom. The third-order valence-corrected chi connectivity index (χ3v) is 0.437. The molecule has 0 atom stereocenters. The average molecular weight is 112 g/mol. The molecule has 0 saturated heterocycles. The van der Waals surface area contributed by atoms with Gasteiger partial charge in [0, 0.05) is 0 Å². The van der Waals surface area contributed by atoms with Gasteiger partial charge in [0.1, 0.15) is 0 Å². The van der Waals surface area contributed by atoms with Crippen LogP contribution in [0.3, 0.4) is 0 Å². The summed E-state index contributed by atoms with van der Waals surface area (Å²) in [6.45, 7) is 4.00. The number of urea groups is 1. The molecule has 0 fully saturated rings. The summed E-state index contributed by atoms with van der Waals surface area (Å²) in [6.07, 6.45) is 2.73. The van der Waals surface area contributed by atoms with E-state index in [-0.39, 0.29) is 0 Å². The number of hydrogen-bond donors (Lipinski definition) is 0. The summed E-state index contributed by atoms with van der Waals surface area (Å²) in [5, 5.41) is 0. The zero-order valence-electron chi connectivity index (χ0n) is 4.96. The second-order valence-electron chi connectivity index (χ2n) is 0.839. The number of hydrogen-bond acceptors (Lipinski definition) is 1. The van der Waals surface area contributed by atoms with E-state index in [9.17, 15) is 4.79 Å². The van der Waals surface area contributed by atoms with Crippen molar-refractivity contribution in [1.29, 1.82) is 0 Å². The van der Waals surface area contributed by atoms with E-state index in [1.54, 1.807) is 0 Å². The Labute approximate surface area is 48.2 Å². The summed E-state index contributed by atoms with van der Waals surface area (Å²) >= 11 is 0. The Kier molecular flexibility index (Phi) is 3.66. The summed E-state index contributed by atoms with van der Waals surface area (Å²) in [5.41, 5.74) is 0. The van der Waals surface area contributed by atoms with Crippen LogP contribution in [0.1, 0.15) is 13.8 Å². The van der Waals surface area contributed by atoms with E-state index in [1.165, 1.54) is 12.4 Å². The van der Waals surface area contributed by atoms with E-state index in [2.05, 4.69) is 9.98 Å². The maximum absolute atomic E-state index is 9.85. The van der Waals surface area contributed by atoms with E-state index >= 15 is 0 Å². The first kappa shape index (κ1) is 7.01. The van der Waals surface area contributed by atoms with Gasteiger partial charge in [-0.15, -0.1) is 0 Å². The van der Waals surface area contributed by atoms with Gasteiger partial charge in [0.25, 0.3) is 0 Å². The summed E-state index contributed by atoms with van der Waals surface area (Å²) in [5.74, 6) is 0. The number of rotatable bonds is 0. The van der Waals surface area contributed by atoms with Crippen molar-refractivity contribution in [2.24, 2.45) is 9.98 Å². The van der Waals surface area contributed by atoms with Gasteiger partial charge in [0.15, 0.2) is 0 Å². The maximum Gasteiger partial charge on any atom is 0.367 e. The van der Waals surface area contributed by atoms with Crippen molar-refractivity contribution in [1.82, 2.24) is 0 Å². The van der Waals surface area contributed by atoms with Crippen LogP contribution in [-0.4, -0.2) is 18.5 Å². The van der Waals surface area contributed by atoms with Crippen molar-refractivity contribution in [3.63, 3.8) is 0 Å². The molecule has 0 N–H and O–H groups in total. The molecule has 1 aliphatic heterocycles. The van der Waals surface area contributed by atoms with Crippen molar-refractivity contribution >= 4 is 18.5 Å². The van der Waals surface area contributed by atoms with Crippen molar-refractivity contribution in [3.05, 3.63) is 0 Å². The number of carbonyl (C=O) groups excluding carboxylic acids is 1. The Morgan fingerprint density at radius 3 is 1.75 bits per heavy atom. The molecule has 0 aromatic rings. The van der Waals surface area contributed by atoms with Crippen LogP contribution in [0.2, 0.25) is 0 Å². The van der Waals surface area contributed by atoms with Crippen LogP contribution in [0.15, 0.2) is 9.98 Å². The molecule has 1 aliphatic rings. The maximum atomic E-state index is 9.85. The molecule has 0 aromatic heterocycles. The van der Waals surface area contributed by atoms with E-state index in [1.807, 2.05) is 13.8 Å². The van der Waals surface area contributed by atoms with Crippen molar-refractivity contribution in [2.45, 2.75) is 13.8 Å². The van der Waals surface area contributed by atoms with Gasteiger partial charge >= 0.3 is 6.03 Å². The van der Waals surface area contributed by atoms with Gasteiger partial charge in [-0.2, -0.15) is 9.98 Å². The lowest BCUT2D eigenvalue weighted by Crippen LogP contribution is -1.70. The van der Waals surface area contributed by atoms with Crippen LogP contribution in [-0.2, 0) is 0 Å². The second kappa shape index (κ2) is 4.18. The lowest BCUT2D eigenvalue weighted by molar-refractivity contribution is 0.257.